The molecule has 5 nitrogen and oxygen atoms in total. The van der Waals surface area contributed by atoms with Gasteiger partial charge in [-0.2, -0.15) is 0 Å². The Hall–Kier alpha value is -1.26. The Kier molecular flexibility index (Phi) is 6.89. The molecule has 0 aromatic rings. The monoisotopic (exact) mass is 191 g/mol. The molecule has 0 aromatic heterocycles. The molecule has 0 radical (unpaired) electrons. The van der Waals surface area contributed by atoms with Crippen molar-refractivity contribution >= 4 is 12.1 Å². The summed E-state index contributed by atoms with van der Waals surface area (Å²) in [6, 6.07) is 0. The molecule has 78 valence electrons. The highest BCUT2D eigenvalue weighted by molar-refractivity contribution is 5.67. The molecule has 0 heterocycles. The lowest BCUT2D eigenvalue weighted by Gasteiger charge is -2.13. The van der Waals surface area contributed by atoms with Gasteiger partial charge in [0.2, 0.25) is 0 Å². The maximum Gasteiger partial charge on any atom is 0.404 e. The smallest absolute Gasteiger partial charge is 0.404 e. The van der Waals surface area contributed by atoms with Crippen LogP contribution >= 0.6 is 0 Å². The first-order valence-electron chi connectivity index (χ1n) is 3.74. The highest BCUT2D eigenvalue weighted by Crippen LogP contribution is 2.17. The maximum atomic E-state index is 10.0. The number of nitrogens with two attached hydrogens (primary N) is 1. The topological polar surface area (TPSA) is 89.6 Å². The van der Waals surface area contributed by atoms with Crippen molar-refractivity contribution in [3.63, 3.8) is 0 Å². The number of carboxylic acids is 1. The number of carbonyl (C=O) groups excluding carboxylic acids is 1. The van der Waals surface area contributed by atoms with E-state index in [1.807, 2.05) is 20.8 Å². The lowest BCUT2D eigenvalue weighted by Crippen LogP contribution is -2.11. The predicted octanol–water partition coefficient (Wildman–Crippen LogP) is 1.22. The van der Waals surface area contributed by atoms with Gasteiger partial charge in [-0.05, 0) is 5.41 Å². The molecule has 0 unspecified atom stereocenters. The average molecular weight is 191 g/mol. The number of carboxylic acid groups (broad SMARTS) is 1. The van der Waals surface area contributed by atoms with Gasteiger partial charge in [0.15, 0.2) is 0 Å². The summed E-state index contributed by atoms with van der Waals surface area (Å²) in [7, 11) is 1.22. The van der Waals surface area contributed by atoms with Crippen molar-refractivity contribution < 1.29 is 19.4 Å². The van der Waals surface area contributed by atoms with Crippen LogP contribution in [-0.2, 0) is 9.53 Å². The summed E-state index contributed by atoms with van der Waals surface area (Å²) in [5.41, 5.74) is 4.35. The summed E-state index contributed by atoms with van der Waals surface area (Å²) in [6.07, 6.45) is -0.502. The van der Waals surface area contributed by atoms with Crippen molar-refractivity contribution in [3.8, 4) is 0 Å². The van der Waals surface area contributed by atoms with Gasteiger partial charge in [-0.3, -0.25) is 4.79 Å². The third kappa shape index (κ3) is 24.9. The quantitative estimate of drug-likeness (QED) is 0.652. The number of rotatable bonds is 1. The highest BCUT2D eigenvalue weighted by atomic mass is 16.5. The first-order chi connectivity index (χ1) is 5.69. The molecular formula is C8H17NO4. The van der Waals surface area contributed by atoms with Gasteiger partial charge in [-0.1, -0.05) is 20.8 Å². The Balaban J connectivity index is 0. The average Bonchev–Trinajstić information content (AvgIpc) is 1.83. The van der Waals surface area contributed by atoms with E-state index in [4.69, 9.17) is 5.11 Å². The van der Waals surface area contributed by atoms with E-state index >= 15 is 0 Å². The molecule has 1 amide bonds. The second-order valence-electron chi connectivity index (χ2n) is 3.65. The standard InChI is InChI=1S/C6H12O2.C2H5NO2/c1-6(2,3)4-5(7)8;1-5-2(3)4/h4H2,1-3H3,(H,7,8);1H3,(H2,3,4). The van der Waals surface area contributed by atoms with Crippen LogP contribution in [-0.4, -0.2) is 24.3 Å². The molecule has 5 heteroatoms. The fourth-order valence-electron chi connectivity index (χ4n) is 0.454. The normalized spacial score (nSPS) is 9.54. The second kappa shape index (κ2) is 6.28. The summed E-state index contributed by atoms with van der Waals surface area (Å²) in [5, 5.41) is 8.25. The lowest BCUT2D eigenvalue weighted by atomic mass is 9.93. The predicted molar refractivity (Wildman–Crippen MR) is 48.3 cm³/mol. The molecule has 0 rings (SSSR count). The molecule has 0 aliphatic heterocycles. The van der Waals surface area contributed by atoms with E-state index in [-0.39, 0.29) is 11.8 Å². The first kappa shape index (κ1) is 14.3. The number of primary amides is 1. The zero-order valence-corrected chi connectivity index (χ0v) is 8.46. The molecule has 0 saturated carbocycles. The molecule has 0 fully saturated rings. The van der Waals surface area contributed by atoms with Gasteiger partial charge in [-0.25, -0.2) is 4.79 Å². The Morgan fingerprint density at radius 3 is 1.69 bits per heavy atom. The Morgan fingerprint density at radius 2 is 1.69 bits per heavy atom. The zero-order chi connectivity index (χ0) is 11.1. The lowest BCUT2D eigenvalue weighted by molar-refractivity contribution is -0.139. The first-order valence-corrected chi connectivity index (χ1v) is 3.74. The van der Waals surface area contributed by atoms with Crippen LogP contribution in [0.5, 0.6) is 0 Å². The fraction of sp³-hybridized carbons (Fsp3) is 0.750. The van der Waals surface area contributed by atoms with Crippen molar-refractivity contribution in [2.75, 3.05) is 7.11 Å². The number of amides is 1. The van der Waals surface area contributed by atoms with Gasteiger partial charge in [0.25, 0.3) is 0 Å². The van der Waals surface area contributed by atoms with Crippen LogP contribution in [0.3, 0.4) is 0 Å². The summed E-state index contributed by atoms with van der Waals surface area (Å²) in [6.45, 7) is 5.71. The summed E-state index contributed by atoms with van der Waals surface area (Å²) in [4.78, 5) is 19.4. The minimum absolute atomic E-state index is 0.0775. The van der Waals surface area contributed by atoms with Crippen LogP contribution in [0.2, 0.25) is 0 Å². The molecule has 0 aliphatic rings. The molecule has 0 atom stereocenters. The van der Waals surface area contributed by atoms with Gasteiger partial charge in [-0.15, -0.1) is 0 Å². The fourth-order valence-corrected chi connectivity index (χ4v) is 0.454. The van der Waals surface area contributed by atoms with Crippen LogP contribution in [0.15, 0.2) is 0 Å². The Morgan fingerprint density at radius 1 is 1.38 bits per heavy atom. The largest absolute Gasteiger partial charge is 0.481 e. The summed E-state index contributed by atoms with van der Waals surface area (Å²) < 4.78 is 3.89. The number of aliphatic carboxylic acids is 1. The molecular weight excluding hydrogens is 174 g/mol. The molecule has 0 saturated heterocycles. The van der Waals surface area contributed by atoms with Gasteiger partial charge in [0.1, 0.15) is 0 Å². The van der Waals surface area contributed by atoms with Gasteiger partial charge >= 0.3 is 12.1 Å². The number of carbonyl (C=O) groups is 2. The van der Waals surface area contributed by atoms with Crippen LogP contribution in [0.1, 0.15) is 27.2 Å². The molecule has 13 heavy (non-hydrogen) atoms. The van der Waals surface area contributed by atoms with Crippen LogP contribution in [0, 0.1) is 5.41 Å². The summed E-state index contributed by atoms with van der Waals surface area (Å²) in [5.74, 6) is -0.725. The zero-order valence-electron chi connectivity index (χ0n) is 8.46. The molecule has 0 bridgehead atoms. The minimum atomic E-state index is -0.745. The van der Waals surface area contributed by atoms with E-state index < -0.39 is 12.1 Å². The molecule has 3 N–H and O–H groups in total. The van der Waals surface area contributed by atoms with Crippen molar-refractivity contribution in [1.82, 2.24) is 0 Å². The number of hydrogen-bond donors (Lipinski definition) is 2. The third-order valence-electron chi connectivity index (χ3n) is 0.883. The third-order valence-corrected chi connectivity index (χ3v) is 0.883. The van der Waals surface area contributed by atoms with Crippen molar-refractivity contribution in [2.24, 2.45) is 11.1 Å². The van der Waals surface area contributed by atoms with E-state index in [1.165, 1.54) is 7.11 Å². The van der Waals surface area contributed by atoms with E-state index in [0.29, 0.717) is 0 Å². The van der Waals surface area contributed by atoms with Crippen LogP contribution < -0.4 is 5.73 Å². The van der Waals surface area contributed by atoms with E-state index in [1.54, 1.807) is 0 Å². The van der Waals surface area contributed by atoms with E-state index in [0.717, 1.165) is 0 Å². The number of methoxy groups -OCH3 is 1. The number of hydrogen-bond acceptors (Lipinski definition) is 3. The van der Waals surface area contributed by atoms with E-state index in [2.05, 4.69) is 10.5 Å². The van der Waals surface area contributed by atoms with Crippen LogP contribution in [0.4, 0.5) is 4.79 Å². The second-order valence-corrected chi connectivity index (χ2v) is 3.65. The molecule has 0 aromatic carbocycles. The number of ether oxygens (including phenoxy) is 1. The minimum Gasteiger partial charge on any atom is -0.481 e. The van der Waals surface area contributed by atoms with Crippen molar-refractivity contribution in [2.45, 2.75) is 27.2 Å². The maximum absolute atomic E-state index is 10.0. The summed E-state index contributed by atoms with van der Waals surface area (Å²) >= 11 is 0. The van der Waals surface area contributed by atoms with E-state index in [9.17, 15) is 9.59 Å². The molecule has 0 aliphatic carbocycles. The van der Waals surface area contributed by atoms with Gasteiger partial charge < -0.3 is 15.6 Å². The van der Waals surface area contributed by atoms with Gasteiger partial charge in [0.05, 0.1) is 13.5 Å². The SMILES string of the molecule is CC(C)(C)CC(=O)O.COC(N)=O. The highest BCUT2D eigenvalue weighted by Gasteiger charge is 2.13. The Labute approximate surface area is 77.9 Å². The van der Waals surface area contributed by atoms with Crippen molar-refractivity contribution in [3.05, 3.63) is 0 Å². The molecule has 0 spiro atoms. The van der Waals surface area contributed by atoms with Crippen LogP contribution in [0.25, 0.3) is 0 Å². The Bertz CT molecular complexity index is 171. The van der Waals surface area contributed by atoms with Crippen molar-refractivity contribution in [1.29, 1.82) is 0 Å². The van der Waals surface area contributed by atoms with Gasteiger partial charge in [0, 0.05) is 0 Å².